The van der Waals surface area contributed by atoms with E-state index in [1.165, 1.54) is 6.07 Å². The van der Waals surface area contributed by atoms with Gasteiger partial charge in [-0.15, -0.1) is 0 Å². The van der Waals surface area contributed by atoms with Crippen molar-refractivity contribution in [3.8, 4) is 0 Å². The number of carbonyl (C=O) groups is 1. The number of H-pyrrole nitrogens is 1. The highest BCUT2D eigenvalue weighted by atomic mass is 32.2. The van der Waals surface area contributed by atoms with Gasteiger partial charge in [-0.3, -0.25) is 4.79 Å². The van der Waals surface area contributed by atoms with Crippen molar-refractivity contribution in [2.24, 2.45) is 0 Å². The minimum Gasteiger partial charge on any atom is -0.345 e. The molecule has 0 saturated carbocycles. The summed E-state index contributed by atoms with van der Waals surface area (Å²) in [5.41, 5.74) is 3.11. The van der Waals surface area contributed by atoms with Crippen molar-refractivity contribution >= 4 is 28.7 Å². The van der Waals surface area contributed by atoms with Crippen LogP contribution in [0.4, 0.5) is 4.39 Å². The topological polar surface area (TPSA) is 49.0 Å². The lowest BCUT2D eigenvalue weighted by atomic mass is 10.1. The van der Waals surface area contributed by atoms with Crippen LogP contribution in [0.5, 0.6) is 0 Å². The lowest BCUT2D eigenvalue weighted by Crippen LogP contribution is -2.32. The highest BCUT2D eigenvalue weighted by molar-refractivity contribution is 7.99. The number of imidazole rings is 1. The Morgan fingerprint density at radius 2 is 2.12 bits per heavy atom. The highest BCUT2D eigenvalue weighted by Crippen LogP contribution is 2.35. The van der Waals surface area contributed by atoms with Crippen molar-refractivity contribution < 1.29 is 9.18 Å². The number of rotatable bonds is 2. The molecule has 6 heteroatoms. The Hall–Kier alpha value is -2.34. The average molecular weight is 355 g/mol. The summed E-state index contributed by atoms with van der Waals surface area (Å²) in [7, 11) is 0. The van der Waals surface area contributed by atoms with Gasteiger partial charge in [-0.1, -0.05) is 18.2 Å². The van der Waals surface area contributed by atoms with Crippen LogP contribution in [0.1, 0.15) is 27.6 Å². The number of hydrogen-bond acceptors (Lipinski definition) is 3. The largest absolute Gasteiger partial charge is 0.345 e. The number of halogens is 1. The van der Waals surface area contributed by atoms with E-state index in [1.807, 2.05) is 35.2 Å². The van der Waals surface area contributed by atoms with Crippen LogP contribution in [-0.2, 0) is 0 Å². The number of carbonyl (C=O) groups excluding carboxylic acids is 1. The number of benzene rings is 2. The Labute approximate surface area is 149 Å². The minimum absolute atomic E-state index is 0.0197. The third-order valence-electron chi connectivity index (χ3n) is 4.55. The van der Waals surface area contributed by atoms with Gasteiger partial charge in [0.1, 0.15) is 5.82 Å². The molecule has 1 saturated heterocycles. The van der Waals surface area contributed by atoms with Gasteiger partial charge in [0, 0.05) is 35.2 Å². The van der Waals surface area contributed by atoms with E-state index in [2.05, 4.69) is 9.97 Å². The molecule has 25 heavy (non-hydrogen) atoms. The normalized spacial score (nSPS) is 18.3. The number of fused-ring (bicyclic) bond motifs is 1. The molecule has 4 rings (SSSR count). The first kappa shape index (κ1) is 16.1. The Morgan fingerprint density at radius 3 is 3.00 bits per heavy atom. The molecule has 1 unspecified atom stereocenters. The fourth-order valence-corrected chi connectivity index (χ4v) is 4.46. The third kappa shape index (κ3) is 3.26. The van der Waals surface area contributed by atoms with E-state index < -0.39 is 0 Å². The van der Waals surface area contributed by atoms with Crippen LogP contribution >= 0.6 is 11.8 Å². The zero-order valence-electron chi connectivity index (χ0n) is 13.6. The minimum atomic E-state index is -0.163. The summed E-state index contributed by atoms with van der Waals surface area (Å²) in [4.78, 5) is 21.9. The third-order valence-corrected chi connectivity index (χ3v) is 5.86. The zero-order valence-corrected chi connectivity index (χ0v) is 14.4. The summed E-state index contributed by atoms with van der Waals surface area (Å²) in [6, 6.07) is 12.4. The van der Waals surface area contributed by atoms with Gasteiger partial charge in [-0.05, 0) is 30.7 Å². The molecule has 1 aromatic heterocycles. The van der Waals surface area contributed by atoms with E-state index in [0.717, 1.165) is 28.8 Å². The number of hydrogen-bond donors (Lipinski definition) is 1. The molecule has 0 bridgehead atoms. The van der Waals surface area contributed by atoms with Crippen LogP contribution in [-0.4, -0.2) is 39.6 Å². The molecule has 3 aromatic rings. The summed E-state index contributed by atoms with van der Waals surface area (Å²) in [5.74, 6) is 0.660. The van der Waals surface area contributed by atoms with E-state index >= 15 is 0 Å². The van der Waals surface area contributed by atoms with Crippen LogP contribution in [0.15, 0.2) is 48.8 Å². The fraction of sp³-hybridized carbons (Fsp3) is 0.263. The van der Waals surface area contributed by atoms with Crippen molar-refractivity contribution in [1.82, 2.24) is 14.9 Å². The smallest absolute Gasteiger partial charge is 0.253 e. The molecular weight excluding hydrogens is 337 g/mol. The second-order valence-corrected chi connectivity index (χ2v) is 7.41. The van der Waals surface area contributed by atoms with Crippen molar-refractivity contribution in [2.45, 2.75) is 11.7 Å². The molecular formula is C19H18FN3OS. The van der Waals surface area contributed by atoms with E-state index in [0.29, 0.717) is 18.7 Å². The summed E-state index contributed by atoms with van der Waals surface area (Å²) < 4.78 is 14.0. The van der Waals surface area contributed by atoms with Crippen LogP contribution in [0.25, 0.3) is 11.0 Å². The first-order valence-electron chi connectivity index (χ1n) is 8.31. The maximum atomic E-state index is 14.0. The Kier molecular flexibility index (Phi) is 4.44. The molecule has 1 aliphatic rings. The first-order valence-corrected chi connectivity index (χ1v) is 9.36. The molecule has 2 heterocycles. The number of aromatic nitrogens is 2. The number of thioether (sulfide) groups is 1. The summed E-state index contributed by atoms with van der Waals surface area (Å²) in [6.45, 7) is 1.31. The summed E-state index contributed by atoms with van der Waals surface area (Å²) in [5, 5.41) is 0.0917. The predicted octanol–water partition coefficient (Wildman–Crippen LogP) is 4.02. The van der Waals surface area contributed by atoms with Crippen molar-refractivity contribution in [2.75, 3.05) is 18.8 Å². The molecule has 4 nitrogen and oxygen atoms in total. The second kappa shape index (κ2) is 6.88. The van der Waals surface area contributed by atoms with Crippen LogP contribution in [0, 0.1) is 5.82 Å². The van der Waals surface area contributed by atoms with E-state index in [4.69, 9.17) is 0 Å². The number of nitrogens with zero attached hydrogens (tertiary/aromatic N) is 2. The van der Waals surface area contributed by atoms with Crippen LogP contribution in [0.2, 0.25) is 0 Å². The van der Waals surface area contributed by atoms with Crippen molar-refractivity contribution in [3.05, 3.63) is 65.7 Å². The molecule has 2 aromatic carbocycles. The van der Waals surface area contributed by atoms with Crippen LogP contribution in [0.3, 0.4) is 0 Å². The van der Waals surface area contributed by atoms with Crippen LogP contribution < -0.4 is 0 Å². The monoisotopic (exact) mass is 355 g/mol. The molecule has 1 fully saturated rings. The Balaban J connectivity index is 1.50. The average Bonchev–Trinajstić information content (AvgIpc) is 2.97. The SMILES string of the molecule is O=C(c1ccc2nc[nH]c2c1)N1CCSC(c2ccccc2F)CC1. The Morgan fingerprint density at radius 1 is 1.24 bits per heavy atom. The second-order valence-electron chi connectivity index (χ2n) is 6.10. The predicted molar refractivity (Wildman–Crippen MR) is 98.2 cm³/mol. The van der Waals surface area contributed by atoms with Gasteiger partial charge in [0.25, 0.3) is 5.91 Å². The van der Waals surface area contributed by atoms with E-state index in [-0.39, 0.29) is 17.0 Å². The van der Waals surface area contributed by atoms with Crippen molar-refractivity contribution in [1.29, 1.82) is 0 Å². The standard InChI is InChI=1S/C19H18FN3OS/c20-15-4-2-1-3-14(15)18-7-8-23(9-10-25-18)19(24)13-5-6-16-17(11-13)22-12-21-16/h1-6,11-12,18H,7-10H2,(H,21,22). The molecule has 1 amide bonds. The maximum absolute atomic E-state index is 14.0. The van der Waals surface area contributed by atoms with E-state index in [1.54, 1.807) is 24.2 Å². The summed E-state index contributed by atoms with van der Waals surface area (Å²) in [6.07, 6.45) is 2.38. The highest BCUT2D eigenvalue weighted by Gasteiger charge is 2.24. The molecule has 1 atom stereocenters. The summed E-state index contributed by atoms with van der Waals surface area (Å²) >= 11 is 1.72. The molecule has 128 valence electrons. The quantitative estimate of drug-likeness (QED) is 0.755. The zero-order chi connectivity index (χ0) is 17.2. The van der Waals surface area contributed by atoms with Gasteiger partial charge in [0.2, 0.25) is 0 Å². The molecule has 1 aliphatic heterocycles. The number of nitrogens with one attached hydrogen (secondary N) is 1. The Bertz CT molecular complexity index is 910. The van der Waals surface area contributed by atoms with Gasteiger partial charge >= 0.3 is 0 Å². The number of aromatic amines is 1. The van der Waals surface area contributed by atoms with Gasteiger partial charge in [0.15, 0.2) is 0 Å². The van der Waals surface area contributed by atoms with E-state index in [9.17, 15) is 9.18 Å². The lowest BCUT2D eigenvalue weighted by molar-refractivity contribution is 0.0766. The molecule has 1 N–H and O–H groups in total. The molecule has 0 spiro atoms. The molecule has 0 aliphatic carbocycles. The van der Waals surface area contributed by atoms with Gasteiger partial charge < -0.3 is 9.88 Å². The maximum Gasteiger partial charge on any atom is 0.253 e. The molecule has 0 radical (unpaired) electrons. The number of amides is 1. The van der Waals surface area contributed by atoms with Gasteiger partial charge in [-0.2, -0.15) is 11.8 Å². The van der Waals surface area contributed by atoms with Crippen molar-refractivity contribution in [3.63, 3.8) is 0 Å². The van der Waals surface area contributed by atoms with Gasteiger partial charge in [-0.25, -0.2) is 9.37 Å². The fourth-order valence-electron chi connectivity index (χ4n) is 3.21. The first-order chi connectivity index (χ1) is 12.2. The lowest BCUT2D eigenvalue weighted by Gasteiger charge is -2.20. The van der Waals surface area contributed by atoms with Gasteiger partial charge in [0.05, 0.1) is 17.4 Å².